The van der Waals surface area contributed by atoms with E-state index in [2.05, 4.69) is 15.3 Å². The quantitative estimate of drug-likeness (QED) is 0.453. The average Bonchev–Trinajstić information content (AvgIpc) is 2.90. The molecule has 8 nitrogen and oxygen atoms in total. The molecule has 2 aliphatic carbocycles. The molecule has 2 saturated carbocycles. The molecule has 2 bridgehead atoms. The van der Waals surface area contributed by atoms with Crippen LogP contribution < -0.4 is 5.32 Å². The summed E-state index contributed by atoms with van der Waals surface area (Å²) in [4.78, 5) is 34.6. The molecule has 1 aromatic heterocycles. The van der Waals surface area contributed by atoms with E-state index >= 15 is 0 Å². The third-order valence-electron chi connectivity index (χ3n) is 9.41. The molecule has 3 aliphatic heterocycles. The third kappa shape index (κ3) is 5.24. The molecule has 0 radical (unpaired) electrons. The normalized spacial score (nSPS) is 30.1. The van der Waals surface area contributed by atoms with Gasteiger partial charge in [-0.2, -0.15) is 0 Å². The van der Waals surface area contributed by atoms with Gasteiger partial charge < -0.3 is 19.6 Å². The Balaban J connectivity index is 1.27. The SMILES string of the molecule is O=C(C[N+]12CCC(CC1)[C@@H](OC(=O)C(O)(C1CCCCC1)C1CCCCC1)C2)Nc1ccncn1. The molecule has 0 aromatic carbocycles. The number of hydrogen-bond acceptors (Lipinski definition) is 6. The maximum Gasteiger partial charge on any atom is 0.339 e. The lowest BCUT2D eigenvalue weighted by Gasteiger charge is -2.52. The Kier molecular flexibility index (Phi) is 7.39. The minimum Gasteiger partial charge on any atom is -0.454 e. The zero-order valence-electron chi connectivity index (χ0n) is 20.9. The molecule has 1 amide bonds. The van der Waals surface area contributed by atoms with E-state index in [9.17, 15) is 14.7 Å². The van der Waals surface area contributed by atoms with Crippen molar-refractivity contribution >= 4 is 17.7 Å². The highest BCUT2D eigenvalue weighted by atomic mass is 16.6. The molecular formula is C27H41N4O4+. The van der Waals surface area contributed by atoms with E-state index in [1.54, 1.807) is 12.3 Å². The Morgan fingerprint density at radius 2 is 1.63 bits per heavy atom. The highest BCUT2D eigenvalue weighted by Gasteiger charge is 2.54. The van der Waals surface area contributed by atoms with Crippen LogP contribution in [0.15, 0.2) is 18.6 Å². The number of aliphatic hydroxyl groups is 1. The number of ether oxygens (including phenoxy) is 1. The topological polar surface area (TPSA) is 101 Å². The maximum absolute atomic E-state index is 13.8. The molecule has 5 fully saturated rings. The van der Waals surface area contributed by atoms with Crippen LogP contribution in [-0.4, -0.2) is 69.3 Å². The monoisotopic (exact) mass is 485 g/mol. The smallest absolute Gasteiger partial charge is 0.339 e. The van der Waals surface area contributed by atoms with Crippen molar-refractivity contribution in [3.63, 3.8) is 0 Å². The number of amides is 1. The van der Waals surface area contributed by atoms with Crippen LogP contribution in [0.3, 0.4) is 0 Å². The summed E-state index contributed by atoms with van der Waals surface area (Å²) in [6.45, 7) is 2.84. The second kappa shape index (κ2) is 10.5. The van der Waals surface area contributed by atoms with Crippen LogP contribution in [0.5, 0.6) is 0 Å². The Morgan fingerprint density at radius 1 is 1.00 bits per heavy atom. The molecule has 0 unspecified atom stereocenters. The minimum atomic E-state index is -1.36. The lowest BCUT2D eigenvalue weighted by molar-refractivity contribution is -0.939. The fraction of sp³-hybridized carbons (Fsp3) is 0.778. The summed E-state index contributed by atoms with van der Waals surface area (Å²) >= 11 is 0. The molecule has 1 aromatic rings. The number of fused-ring (bicyclic) bond motifs is 3. The van der Waals surface area contributed by atoms with Crippen LogP contribution in [0.4, 0.5) is 5.82 Å². The van der Waals surface area contributed by atoms with Crippen molar-refractivity contribution in [3.8, 4) is 0 Å². The Labute approximate surface area is 208 Å². The number of carbonyl (C=O) groups excluding carboxylic acids is 2. The Bertz CT molecular complexity index is 856. The molecule has 3 saturated heterocycles. The predicted molar refractivity (Wildman–Crippen MR) is 131 cm³/mol. The number of aromatic nitrogens is 2. The van der Waals surface area contributed by atoms with Gasteiger partial charge in [0.25, 0.3) is 5.91 Å². The highest BCUT2D eigenvalue weighted by Crippen LogP contribution is 2.45. The molecule has 192 valence electrons. The van der Waals surface area contributed by atoms with Crippen LogP contribution in [-0.2, 0) is 14.3 Å². The van der Waals surface area contributed by atoms with Gasteiger partial charge in [-0.05, 0) is 43.6 Å². The van der Waals surface area contributed by atoms with Crippen LogP contribution in [0, 0.1) is 17.8 Å². The van der Waals surface area contributed by atoms with Gasteiger partial charge in [-0.1, -0.05) is 38.5 Å². The second-order valence-corrected chi connectivity index (χ2v) is 11.5. The summed E-state index contributed by atoms with van der Waals surface area (Å²) in [7, 11) is 0. The first-order chi connectivity index (χ1) is 17.0. The summed E-state index contributed by atoms with van der Waals surface area (Å²) in [5, 5.41) is 14.9. The largest absolute Gasteiger partial charge is 0.454 e. The molecule has 35 heavy (non-hydrogen) atoms. The minimum absolute atomic E-state index is 0.00900. The second-order valence-electron chi connectivity index (χ2n) is 11.5. The van der Waals surface area contributed by atoms with Gasteiger partial charge in [0.2, 0.25) is 0 Å². The van der Waals surface area contributed by atoms with Crippen LogP contribution in [0.1, 0.15) is 77.0 Å². The van der Waals surface area contributed by atoms with Gasteiger partial charge in [0.15, 0.2) is 18.2 Å². The third-order valence-corrected chi connectivity index (χ3v) is 9.41. The van der Waals surface area contributed by atoms with E-state index in [0.29, 0.717) is 29.3 Å². The first-order valence-corrected chi connectivity index (χ1v) is 13.8. The van der Waals surface area contributed by atoms with Gasteiger partial charge in [0.05, 0.1) is 13.1 Å². The van der Waals surface area contributed by atoms with Crippen LogP contribution in [0.25, 0.3) is 0 Å². The number of piperidine rings is 3. The van der Waals surface area contributed by atoms with Gasteiger partial charge in [0.1, 0.15) is 18.7 Å². The molecule has 1 atom stereocenters. The Morgan fingerprint density at radius 3 is 2.20 bits per heavy atom. The van der Waals surface area contributed by atoms with E-state index < -0.39 is 5.60 Å². The van der Waals surface area contributed by atoms with Crippen molar-refractivity contribution in [2.24, 2.45) is 17.8 Å². The number of rotatable bonds is 7. The predicted octanol–water partition coefficient (Wildman–Crippen LogP) is 3.46. The van der Waals surface area contributed by atoms with Crippen molar-refractivity contribution in [2.75, 3.05) is 31.5 Å². The number of esters is 1. The standard InChI is InChI=1S/C27H40N4O4/c32-25(30-24-11-14-28-19-29-24)18-31-15-12-20(13-16-31)23(17-31)35-26(33)27(34,21-7-3-1-4-8-21)22-9-5-2-6-10-22/h11,14,19-23,34H,1-10,12-13,15-18H2/p+1/t20?,23-,31?/m0/s1. The number of quaternary nitrogens is 1. The fourth-order valence-electron chi connectivity index (χ4n) is 7.41. The number of nitrogens with one attached hydrogen (secondary N) is 1. The summed E-state index contributed by atoms with van der Waals surface area (Å²) in [6, 6.07) is 1.68. The lowest BCUT2D eigenvalue weighted by atomic mass is 9.66. The van der Waals surface area contributed by atoms with Crippen molar-refractivity contribution in [1.29, 1.82) is 0 Å². The fourth-order valence-corrected chi connectivity index (χ4v) is 7.41. The maximum atomic E-state index is 13.8. The van der Waals surface area contributed by atoms with Gasteiger partial charge in [-0.3, -0.25) is 4.79 Å². The van der Waals surface area contributed by atoms with Crippen molar-refractivity contribution in [3.05, 3.63) is 18.6 Å². The molecular weight excluding hydrogens is 444 g/mol. The first-order valence-electron chi connectivity index (χ1n) is 13.8. The zero-order chi connectivity index (χ0) is 24.3. The molecule has 5 aliphatic rings. The average molecular weight is 486 g/mol. The zero-order valence-corrected chi connectivity index (χ0v) is 20.9. The number of hydrogen-bond donors (Lipinski definition) is 2. The summed E-state index contributed by atoms with van der Waals surface area (Å²) in [6.07, 6.45) is 15.1. The van der Waals surface area contributed by atoms with Gasteiger partial charge >= 0.3 is 5.97 Å². The number of carbonyl (C=O) groups is 2. The van der Waals surface area contributed by atoms with Gasteiger partial charge in [-0.15, -0.1) is 0 Å². The van der Waals surface area contributed by atoms with Crippen molar-refractivity contribution in [2.45, 2.75) is 88.8 Å². The van der Waals surface area contributed by atoms with Gasteiger partial charge in [0, 0.05) is 25.0 Å². The molecule has 8 heteroatoms. The van der Waals surface area contributed by atoms with Gasteiger partial charge in [-0.25, -0.2) is 14.8 Å². The van der Waals surface area contributed by atoms with E-state index in [0.717, 1.165) is 77.3 Å². The van der Waals surface area contributed by atoms with Crippen LogP contribution in [0.2, 0.25) is 0 Å². The summed E-state index contributed by atoms with van der Waals surface area (Å²) in [5.74, 6) is 0.395. The molecule has 0 spiro atoms. The Hall–Kier alpha value is -2.06. The van der Waals surface area contributed by atoms with Crippen molar-refractivity contribution < 1.29 is 23.9 Å². The molecule has 4 heterocycles. The lowest BCUT2D eigenvalue weighted by Crippen LogP contribution is -2.67. The summed E-state index contributed by atoms with van der Waals surface area (Å²) < 4.78 is 6.90. The van der Waals surface area contributed by atoms with E-state index in [1.165, 1.54) is 19.2 Å². The summed E-state index contributed by atoms with van der Waals surface area (Å²) in [5.41, 5.74) is -1.36. The van der Waals surface area contributed by atoms with Crippen LogP contribution >= 0.6 is 0 Å². The van der Waals surface area contributed by atoms with E-state index in [4.69, 9.17) is 4.74 Å². The number of nitrogens with zero attached hydrogens (tertiary/aromatic N) is 3. The molecule has 2 N–H and O–H groups in total. The highest BCUT2D eigenvalue weighted by molar-refractivity contribution is 5.90. The van der Waals surface area contributed by atoms with E-state index in [-0.39, 0.29) is 29.8 Å². The number of anilines is 1. The van der Waals surface area contributed by atoms with E-state index in [1.807, 2.05) is 0 Å². The molecule has 6 rings (SSSR count). The van der Waals surface area contributed by atoms with Crippen molar-refractivity contribution in [1.82, 2.24) is 9.97 Å². The first kappa shape index (κ1) is 24.6.